The molecular formula is C18H22FNO. The number of aromatic nitrogens is 1. The van der Waals surface area contributed by atoms with Crippen LogP contribution in [-0.4, -0.2) is 11.1 Å². The van der Waals surface area contributed by atoms with Gasteiger partial charge in [0.05, 0.1) is 11.6 Å². The lowest BCUT2D eigenvalue weighted by molar-refractivity contribution is 0.201. The molecule has 0 radical (unpaired) electrons. The van der Waals surface area contributed by atoms with E-state index < -0.39 is 0 Å². The van der Waals surface area contributed by atoms with Crippen LogP contribution in [0.15, 0.2) is 30.5 Å². The van der Waals surface area contributed by atoms with Gasteiger partial charge in [0.15, 0.2) is 0 Å². The van der Waals surface area contributed by atoms with Gasteiger partial charge in [-0.3, -0.25) is 4.98 Å². The lowest BCUT2D eigenvalue weighted by Crippen LogP contribution is -2.14. The van der Waals surface area contributed by atoms with Gasteiger partial charge in [-0.05, 0) is 54.9 Å². The summed E-state index contributed by atoms with van der Waals surface area (Å²) in [6.45, 7) is 6.86. The highest BCUT2D eigenvalue weighted by atomic mass is 19.1. The van der Waals surface area contributed by atoms with Crippen molar-refractivity contribution < 1.29 is 9.13 Å². The van der Waals surface area contributed by atoms with Gasteiger partial charge < -0.3 is 4.74 Å². The van der Waals surface area contributed by atoms with E-state index in [0.29, 0.717) is 17.8 Å². The van der Waals surface area contributed by atoms with Gasteiger partial charge in [-0.15, -0.1) is 0 Å². The van der Waals surface area contributed by atoms with Crippen LogP contribution in [0.4, 0.5) is 4.39 Å². The molecule has 1 aliphatic rings. The molecule has 1 aliphatic carbocycles. The Morgan fingerprint density at radius 2 is 2.05 bits per heavy atom. The second-order valence-electron chi connectivity index (χ2n) is 6.57. The number of pyridine rings is 1. The van der Waals surface area contributed by atoms with Gasteiger partial charge in [-0.25, -0.2) is 4.39 Å². The molecule has 3 heteroatoms. The zero-order valence-electron chi connectivity index (χ0n) is 12.8. The standard InChI is InChI=1S/C18H22FNO/c1-11(2)15-10-14(8-12(15)3)21-18-6-7-20-17-5-4-13(19)9-16(17)18/h4-7,9,11-12,14-15H,8,10H2,1-3H3. The molecule has 3 unspecified atom stereocenters. The number of nitrogens with zero attached hydrogens (tertiary/aromatic N) is 1. The van der Waals surface area contributed by atoms with Crippen molar-refractivity contribution in [3.05, 3.63) is 36.3 Å². The molecule has 1 saturated carbocycles. The summed E-state index contributed by atoms with van der Waals surface area (Å²) in [7, 11) is 0. The zero-order chi connectivity index (χ0) is 15.0. The number of hydrogen-bond acceptors (Lipinski definition) is 2. The molecule has 1 aromatic carbocycles. The van der Waals surface area contributed by atoms with Crippen LogP contribution in [-0.2, 0) is 0 Å². The number of halogens is 1. The molecule has 1 aromatic heterocycles. The van der Waals surface area contributed by atoms with Gasteiger partial charge in [0.25, 0.3) is 0 Å². The molecular weight excluding hydrogens is 265 g/mol. The van der Waals surface area contributed by atoms with Crippen LogP contribution in [0.3, 0.4) is 0 Å². The molecule has 1 fully saturated rings. The number of rotatable bonds is 3. The number of benzene rings is 1. The van der Waals surface area contributed by atoms with Crippen LogP contribution < -0.4 is 4.74 Å². The number of fused-ring (bicyclic) bond motifs is 1. The second-order valence-corrected chi connectivity index (χ2v) is 6.57. The highest BCUT2D eigenvalue weighted by molar-refractivity contribution is 5.84. The maximum atomic E-state index is 13.5. The van der Waals surface area contributed by atoms with Crippen LogP contribution >= 0.6 is 0 Å². The van der Waals surface area contributed by atoms with Crippen LogP contribution in [0, 0.1) is 23.6 Å². The number of hydrogen-bond donors (Lipinski definition) is 0. The van der Waals surface area contributed by atoms with E-state index in [0.717, 1.165) is 29.5 Å². The molecule has 3 atom stereocenters. The van der Waals surface area contributed by atoms with E-state index in [-0.39, 0.29) is 11.9 Å². The fourth-order valence-corrected chi connectivity index (χ4v) is 3.62. The van der Waals surface area contributed by atoms with E-state index in [9.17, 15) is 4.39 Å². The van der Waals surface area contributed by atoms with Crippen molar-refractivity contribution >= 4 is 10.9 Å². The monoisotopic (exact) mass is 287 g/mol. The Bertz CT molecular complexity index is 640. The Labute approximate surface area is 125 Å². The first-order valence-electron chi connectivity index (χ1n) is 7.75. The minimum absolute atomic E-state index is 0.223. The SMILES string of the molecule is CC(C)C1CC(Oc2ccnc3ccc(F)cc23)CC1C. The molecule has 3 rings (SSSR count). The van der Waals surface area contributed by atoms with Crippen molar-refractivity contribution in [2.75, 3.05) is 0 Å². The summed E-state index contributed by atoms with van der Waals surface area (Å²) in [4.78, 5) is 4.27. The van der Waals surface area contributed by atoms with Gasteiger partial charge in [-0.2, -0.15) is 0 Å². The third-order valence-electron chi connectivity index (χ3n) is 4.71. The Kier molecular flexibility index (Phi) is 3.83. The Balaban J connectivity index is 1.84. The minimum atomic E-state index is -0.250. The molecule has 1 heterocycles. The van der Waals surface area contributed by atoms with Crippen LogP contribution in [0.2, 0.25) is 0 Å². The van der Waals surface area contributed by atoms with Crippen molar-refractivity contribution in [2.24, 2.45) is 17.8 Å². The van der Waals surface area contributed by atoms with Crippen molar-refractivity contribution in [2.45, 2.75) is 39.7 Å². The van der Waals surface area contributed by atoms with Gasteiger partial charge in [0.1, 0.15) is 11.6 Å². The molecule has 0 N–H and O–H groups in total. The molecule has 21 heavy (non-hydrogen) atoms. The maximum Gasteiger partial charge on any atom is 0.130 e. The summed E-state index contributed by atoms with van der Waals surface area (Å²) >= 11 is 0. The van der Waals surface area contributed by atoms with Crippen molar-refractivity contribution in [3.63, 3.8) is 0 Å². The van der Waals surface area contributed by atoms with Crippen LogP contribution in [0.5, 0.6) is 5.75 Å². The van der Waals surface area contributed by atoms with Crippen molar-refractivity contribution in [3.8, 4) is 5.75 Å². The lowest BCUT2D eigenvalue weighted by atomic mass is 9.87. The predicted octanol–water partition coefficient (Wildman–Crippen LogP) is 4.82. The minimum Gasteiger partial charge on any atom is -0.490 e. The van der Waals surface area contributed by atoms with Gasteiger partial charge in [0, 0.05) is 11.6 Å². The molecule has 0 spiro atoms. The summed E-state index contributed by atoms with van der Waals surface area (Å²) in [6.07, 6.45) is 4.11. The van der Waals surface area contributed by atoms with E-state index in [1.54, 1.807) is 12.3 Å². The first-order valence-corrected chi connectivity index (χ1v) is 7.75. The van der Waals surface area contributed by atoms with Crippen LogP contribution in [0.1, 0.15) is 33.6 Å². The summed E-state index contributed by atoms with van der Waals surface area (Å²) in [5.74, 6) is 2.57. The third kappa shape index (κ3) is 2.87. The van der Waals surface area contributed by atoms with E-state index in [1.165, 1.54) is 12.1 Å². The quantitative estimate of drug-likeness (QED) is 0.807. The normalized spacial score (nSPS) is 25.7. The predicted molar refractivity (Wildman–Crippen MR) is 82.8 cm³/mol. The smallest absolute Gasteiger partial charge is 0.130 e. The number of ether oxygens (including phenoxy) is 1. The summed E-state index contributed by atoms with van der Waals surface area (Å²) in [6, 6.07) is 6.49. The fraction of sp³-hybridized carbons (Fsp3) is 0.500. The van der Waals surface area contributed by atoms with Crippen LogP contribution in [0.25, 0.3) is 10.9 Å². The molecule has 0 amide bonds. The first-order chi connectivity index (χ1) is 10.0. The van der Waals surface area contributed by atoms with Gasteiger partial charge in [0.2, 0.25) is 0 Å². The van der Waals surface area contributed by atoms with Crippen molar-refractivity contribution in [1.29, 1.82) is 0 Å². The largest absolute Gasteiger partial charge is 0.490 e. The first kappa shape index (κ1) is 14.3. The fourth-order valence-electron chi connectivity index (χ4n) is 3.62. The van der Waals surface area contributed by atoms with E-state index in [4.69, 9.17) is 4.74 Å². The summed E-state index contributed by atoms with van der Waals surface area (Å²) in [5, 5.41) is 0.762. The van der Waals surface area contributed by atoms with Crippen molar-refractivity contribution in [1.82, 2.24) is 4.98 Å². The summed E-state index contributed by atoms with van der Waals surface area (Å²) in [5.41, 5.74) is 0.778. The zero-order valence-corrected chi connectivity index (χ0v) is 12.8. The Morgan fingerprint density at radius 3 is 2.76 bits per heavy atom. The molecule has 0 bridgehead atoms. The summed E-state index contributed by atoms with van der Waals surface area (Å²) < 4.78 is 19.7. The topological polar surface area (TPSA) is 22.1 Å². The highest BCUT2D eigenvalue weighted by Gasteiger charge is 2.34. The Hall–Kier alpha value is -1.64. The second kappa shape index (κ2) is 5.63. The lowest BCUT2D eigenvalue weighted by Gasteiger charge is -2.18. The third-order valence-corrected chi connectivity index (χ3v) is 4.71. The average Bonchev–Trinajstić information content (AvgIpc) is 2.80. The maximum absolute atomic E-state index is 13.5. The molecule has 2 aromatic rings. The van der Waals surface area contributed by atoms with E-state index in [1.807, 2.05) is 6.07 Å². The average molecular weight is 287 g/mol. The van der Waals surface area contributed by atoms with Gasteiger partial charge >= 0.3 is 0 Å². The highest BCUT2D eigenvalue weighted by Crippen LogP contribution is 2.39. The molecule has 112 valence electrons. The van der Waals surface area contributed by atoms with E-state index >= 15 is 0 Å². The van der Waals surface area contributed by atoms with Gasteiger partial charge in [-0.1, -0.05) is 20.8 Å². The van der Waals surface area contributed by atoms with E-state index in [2.05, 4.69) is 25.8 Å². The molecule has 2 nitrogen and oxygen atoms in total. The Morgan fingerprint density at radius 1 is 1.24 bits per heavy atom. The molecule has 0 aliphatic heterocycles. The molecule has 0 saturated heterocycles.